The molecule has 122 valence electrons. The van der Waals surface area contributed by atoms with Crippen molar-refractivity contribution in [2.45, 2.75) is 18.4 Å². The summed E-state index contributed by atoms with van der Waals surface area (Å²) in [5, 5.41) is 8.82. The monoisotopic (exact) mass is 341 g/mol. The van der Waals surface area contributed by atoms with Crippen LogP contribution in [0.3, 0.4) is 0 Å². The van der Waals surface area contributed by atoms with Gasteiger partial charge < -0.3 is 10.1 Å². The van der Waals surface area contributed by atoms with Crippen LogP contribution in [0, 0.1) is 0 Å². The first-order chi connectivity index (χ1) is 10.8. The summed E-state index contributed by atoms with van der Waals surface area (Å²) >= 11 is 3.55. The van der Waals surface area contributed by atoms with Gasteiger partial charge in [-0.3, -0.25) is 10.2 Å². The Morgan fingerprint density at radius 3 is 2.77 bits per heavy atom. The smallest absolute Gasteiger partial charge is 0.319 e. The lowest BCUT2D eigenvalue weighted by molar-refractivity contribution is -0.0228. The van der Waals surface area contributed by atoms with Crippen molar-refractivity contribution in [3.63, 3.8) is 0 Å². The highest BCUT2D eigenvalue weighted by molar-refractivity contribution is 7.99. The lowest BCUT2D eigenvalue weighted by Crippen LogP contribution is -2.60. The van der Waals surface area contributed by atoms with Crippen LogP contribution in [0.5, 0.6) is 0 Å². The number of amides is 2. The highest BCUT2D eigenvalue weighted by Crippen LogP contribution is 2.30. The van der Waals surface area contributed by atoms with Crippen LogP contribution in [0.1, 0.15) is 12.8 Å². The number of hydrogen-bond acceptors (Lipinski definition) is 5. The highest BCUT2D eigenvalue weighted by atomic mass is 32.2. The molecule has 0 aromatic carbocycles. The van der Waals surface area contributed by atoms with Gasteiger partial charge in [-0.25, -0.2) is 4.79 Å². The first-order valence-corrected chi connectivity index (χ1v) is 9.81. The van der Waals surface area contributed by atoms with Crippen molar-refractivity contribution in [3.05, 3.63) is 17.5 Å². The van der Waals surface area contributed by atoms with Gasteiger partial charge in [0.1, 0.15) is 0 Å². The number of carbonyl (C=O) groups excluding carboxylic acids is 1. The van der Waals surface area contributed by atoms with E-state index >= 15 is 0 Å². The van der Waals surface area contributed by atoms with Gasteiger partial charge in [-0.15, -0.1) is 11.3 Å². The Kier molecular flexibility index (Phi) is 5.62. The Bertz CT molecular complexity index is 469. The second-order valence-electron chi connectivity index (χ2n) is 5.72. The Morgan fingerprint density at radius 1 is 1.32 bits per heavy atom. The van der Waals surface area contributed by atoms with E-state index in [1.807, 2.05) is 29.3 Å². The van der Waals surface area contributed by atoms with Crippen LogP contribution in [0.15, 0.2) is 17.5 Å². The molecule has 1 aromatic heterocycles. The summed E-state index contributed by atoms with van der Waals surface area (Å²) in [4.78, 5) is 14.7. The van der Waals surface area contributed by atoms with Crippen molar-refractivity contribution in [3.8, 4) is 0 Å². The van der Waals surface area contributed by atoms with E-state index in [1.54, 1.807) is 0 Å². The predicted octanol–water partition coefficient (Wildman–Crippen LogP) is 2.47. The Balaban J connectivity index is 1.58. The number of carbonyl (C=O) groups is 1. The van der Waals surface area contributed by atoms with E-state index in [0.717, 1.165) is 44.1 Å². The number of nitrogens with zero attached hydrogens (tertiary/aromatic N) is 1. The van der Waals surface area contributed by atoms with E-state index in [9.17, 15) is 4.79 Å². The molecular formula is C15H23N3O2S2. The zero-order valence-electron chi connectivity index (χ0n) is 12.7. The topological polar surface area (TPSA) is 53.6 Å². The molecule has 1 aromatic rings. The second-order valence-corrected chi connectivity index (χ2v) is 7.89. The maximum atomic E-state index is 12.1. The molecule has 0 radical (unpaired) electrons. The van der Waals surface area contributed by atoms with Gasteiger partial charge in [0, 0.05) is 49.9 Å². The molecule has 5 nitrogen and oxygen atoms in total. The van der Waals surface area contributed by atoms with Crippen molar-refractivity contribution in [1.29, 1.82) is 0 Å². The van der Waals surface area contributed by atoms with E-state index in [4.69, 9.17) is 4.74 Å². The van der Waals surface area contributed by atoms with Crippen LogP contribution in [0.2, 0.25) is 0 Å². The minimum absolute atomic E-state index is 0.0615. The Labute approximate surface area is 139 Å². The SMILES string of the molecule is O=C(NCC1(N2CCSCC2)CCOCC1)Nc1cccs1. The first-order valence-electron chi connectivity index (χ1n) is 7.77. The number of thioether (sulfide) groups is 1. The zero-order valence-corrected chi connectivity index (χ0v) is 14.3. The molecule has 2 aliphatic rings. The molecule has 22 heavy (non-hydrogen) atoms. The zero-order chi connectivity index (χ0) is 15.3. The molecule has 0 aliphatic carbocycles. The third-order valence-corrected chi connectivity index (χ3v) is 6.17. The number of rotatable bonds is 4. The van der Waals surface area contributed by atoms with Crippen molar-refractivity contribution in [1.82, 2.24) is 10.2 Å². The molecule has 2 saturated heterocycles. The van der Waals surface area contributed by atoms with Crippen molar-refractivity contribution < 1.29 is 9.53 Å². The second kappa shape index (κ2) is 7.68. The average Bonchev–Trinajstić information content (AvgIpc) is 3.08. The van der Waals surface area contributed by atoms with Crippen LogP contribution < -0.4 is 10.6 Å². The van der Waals surface area contributed by atoms with E-state index in [-0.39, 0.29) is 11.6 Å². The van der Waals surface area contributed by atoms with Crippen molar-refractivity contribution in [2.75, 3.05) is 49.7 Å². The average molecular weight is 342 g/mol. The first kappa shape index (κ1) is 16.1. The summed E-state index contributed by atoms with van der Waals surface area (Å²) in [5.41, 5.74) is 0.0615. The normalized spacial score (nSPS) is 22.2. The Hall–Kier alpha value is -0.760. The molecule has 2 amide bonds. The number of ether oxygens (including phenoxy) is 1. The van der Waals surface area contributed by atoms with Crippen LogP contribution in [-0.2, 0) is 4.74 Å². The van der Waals surface area contributed by atoms with Gasteiger partial charge in [0.05, 0.1) is 5.00 Å². The molecule has 2 aliphatic heterocycles. The molecular weight excluding hydrogens is 318 g/mol. The molecule has 0 atom stereocenters. The van der Waals surface area contributed by atoms with Crippen LogP contribution in [0.4, 0.5) is 9.80 Å². The summed E-state index contributed by atoms with van der Waals surface area (Å²) < 4.78 is 5.55. The van der Waals surface area contributed by atoms with Crippen molar-refractivity contribution in [2.24, 2.45) is 0 Å². The fourth-order valence-electron chi connectivity index (χ4n) is 3.14. The molecule has 0 bridgehead atoms. The molecule has 3 rings (SSSR count). The quantitative estimate of drug-likeness (QED) is 0.883. The predicted molar refractivity (Wildman–Crippen MR) is 93.0 cm³/mol. The summed E-state index contributed by atoms with van der Waals surface area (Å²) in [7, 11) is 0. The summed E-state index contributed by atoms with van der Waals surface area (Å²) in [6.07, 6.45) is 1.99. The summed E-state index contributed by atoms with van der Waals surface area (Å²) in [5.74, 6) is 2.37. The minimum Gasteiger partial charge on any atom is -0.381 e. The van der Waals surface area contributed by atoms with Gasteiger partial charge in [-0.05, 0) is 30.4 Å². The standard InChI is InChI=1S/C15H23N3O2S2/c19-14(17-13-2-1-9-22-13)16-12-15(3-7-20-8-4-15)18-5-10-21-11-6-18/h1-2,9H,3-8,10-12H2,(H2,16,17,19). The van der Waals surface area contributed by atoms with E-state index in [0.29, 0.717) is 6.54 Å². The molecule has 2 N–H and O–H groups in total. The largest absolute Gasteiger partial charge is 0.381 e. The van der Waals surface area contributed by atoms with Gasteiger partial charge in [0.2, 0.25) is 0 Å². The maximum absolute atomic E-state index is 12.1. The lowest BCUT2D eigenvalue weighted by atomic mass is 9.87. The van der Waals surface area contributed by atoms with Gasteiger partial charge in [0.25, 0.3) is 0 Å². The van der Waals surface area contributed by atoms with Crippen LogP contribution >= 0.6 is 23.1 Å². The molecule has 7 heteroatoms. The number of hydrogen-bond donors (Lipinski definition) is 2. The molecule has 0 unspecified atom stereocenters. The van der Waals surface area contributed by atoms with Crippen molar-refractivity contribution >= 4 is 34.1 Å². The van der Waals surface area contributed by atoms with E-state index in [2.05, 4.69) is 15.5 Å². The lowest BCUT2D eigenvalue weighted by Gasteiger charge is -2.47. The third kappa shape index (κ3) is 3.95. The van der Waals surface area contributed by atoms with Crippen LogP contribution in [0.25, 0.3) is 0 Å². The van der Waals surface area contributed by atoms with Gasteiger partial charge in [-0.2, -0.15) is 11.8 Å². The van der Waals surface area contributed by atoms with E-state index in [1.165, 1.54) is 22.8 Å². The molecule has 2 fully saturated rings. The fraction of sp³-hybridized carbons (Fsp3) is 0.667. The summed E-state index contributed by atoms with van der Waals surface area (Å²) in [6.45, 7) is 4.49. The minimum atomic E-state index is -0.111. The van der Waals surface area contributed by atoms with Gasteiger partial charge in [0.15, 0.2) is 0 Å². The number of nitrogens with one attached hydrogen (secondary N) is 2. The molecule has 0 spiro atoms. The van der Waals surface area contributed by atoms with Gasteiger partial charge >= 0.3 is 6.03 Å². The van der Waals surface area contributed by atoms with Gasteiger partial charge in [-0.1, -0.05) is 0 Å². The van der Waals surface area contributed by atoms with Crippen LogP contribution in [-0.4, -0.2) is 60.8 Å². The third-order valence-electron chi connectivity index (χ3n) is 4.44. The molecule has 0 saturated carbocycles. The number of anilines is 1. The van der Waals surface area contributed by atoms with E-state index < -0.39 is 0 Å². The molecule has 3 heterocycles. The number of thiophene rings is 1. The fourth-order valence-corrected chi connectivity index (χ4v) is 4.66. The maximum Gasteiger partial charge on any atom is 0.319 e. The number of urea groups is 1. The highest BCUT2D eigenvalue weighted by Gasteiger charge is 2.39. The summed E-state index contributed by atoms with van der Waals surface area (Å²) in [6, 6.07) is 3.74. The Morgan fingerprint density at radius 2 is 2.09 bits per heavy atom.